The normalized spacial score (nSPS) is 21.1. The second-order valence-corrected chi connectivity index (χ2v) is 6.00. The van der Waals surface area contributed by atoms with Crippen LogP contribution >= 0.6 is 11.8 Å². The first-order chi connectivity index (χ1) is 8.75. The van der Waals surface area contributed by atoms with Crippen LogP contribution in [0.4, 0.5) is 0 Å². The van der Waals surface area contributed by atoms with Gasteiger partial charge in [0.05, 0.1) is 12.2 Å². The summed E-state index contributed by atoms with van der Waals surface area (Å²) < 4.78 is 5.57. The van der Waals surface area contributed by atoms with E-state index in [1.165, 1.54) is 16.9 Å². The lowest BCUT2D eigenvalue weighted by molar-refractivity contribution is 0.0861. The van der Waals surface area contributed by atoms with Crippen LogP contribution in [0.15, 0.2) is 29.2 Å². The average molecular weight is 266 g/mol. The van der Waals surface area contributed by atoms with E-state index in [1.807, 2.05) is 12.1 Å². The Morgan fingerprint density at radius 3 is 3.00 bits per heavy atom. The summed E-state index contributed by atoms with van der Waals surface area (Å²) in [4.78, 5) is 1.27. The third kappa shape index (κ3) is 4.30. The summed E-state index contributed by atoms with van der Waals surface area (Å²) in [6, 6.07) is 8.33. The van der Waals surface area contributed by atoms with E-state index in [4.69, 9.17) is 4.74 Å². The fraction of sp³-hybridized carbons (Fsp3) is 0.600. The summed E-state index contributed by atoms with van der Waals surface area (Å²) in [5.41, 5.74) is 1.29. The highest BCUT2D eigenvalue weighted by Gasteiger charge is 2.17. The van der Waals surface area contributed by atoms with Crippen LogP contribution in [0.25, 0.3) is 0 Å². The highest BCUT2D eigenvalue weighted by molar-refractivity contribution is 7.99. The van der Waals surface area contributed by atoms with Gasteiger partial charge in [0.25, 0.3) is 0 Å². The van der Waals surface area contributed by atoms with Crippen molar-refractivity contribution in [2.24, 2.45) is 0 Å². The van der Waals surface area contributed by atoms with Crippen molar-refractivity contribution in [3.63, 3.8) is 0 Å². The first kappa shape index (κ1) is 13.9. The molecule has 1 aromatic rings. The predicted molar refractivity (Wildman–Crippen MR) is 76.1 cm³/mol. The maximum absolute atomic E-state index is 9.99. The van der Waals surface area contributed by atoms with Crippen LogP contribution < -0.4 is 0 Å². The third-order valence-electron chi connectivity index (χ3n) is 3.37. The number of hydrogen-bond donors (Lipinski definition) is 1. The molecule has 2 nitrogen and oxygen atoms in total. The highest BCUT2D eigenvalue weighted by atomic mass is 32.2. The van der Waals surface area contributed by atoms with Crippen LogP contribution in [-0.2, 0) is 4.74 Å². The maximum Gasteiger partial charge on any atom is 0.0635 e. The number of ether oxygens (including phenoxy) is 1. The van der Waals surface area contributed by atoms with Gasteiger partial charge in [0.15, 0.2) is 0 Å². The lowest BCUT2D eigenvalue weighted by Crippen LogP contribution is -2.14. The van der Waals surface area contributed by atoms with Gasteiger partial charge in [-0.2, -0.15) is 0 Å². The lowest BCUT2D eigenvalue weighted by Gasteiger charge is -2.14. The minimum absolute atomic E-state index is 0.223. The van der Waals surface area contributed by atoms with E-state index < -0.39 is 0 Å². The van der Waals surface area contributed by atoms with Gasteiger partial charge in [0.2, 0.25) is 0 Å². The second kappa shape index (κ2) is 7.17. The summed E-state index contributed by atoms with van der Waals surface area (Å²) in [6.45, 7) is 3.01. The number of aliphatic hydroxyl groups is 1. The minimum atomic E-state index is -0.223. The standard InChI is InChI=1S/C15H22O2S/c1-12-5-2-3-7-15(12)18-11-13(16)8-9-14-6-4-10-17-14/h2-3,5,7,13-14,16H,4,6,8-11H2,1H3. The quantitative estimate of drug-likeness (QED) is 0.800. The molecule has 1 heterocycles. The Hall–Kier alpha value is -0.510. The van der Waals surface area contributed by atoms with E-state index in [1.54, 1.807) is 11.8 Å². The minimum Gasteiger partial charge on any atom is -0.392 e. The molecule has 0 aromatic heterocycles. The van der Waals surface area contributed by atoms with Crippen molar-refractivity contribution in [3.8, 4) is 0 Å². The van der Waals surface area contributed by atoms with Gasteiger partial charge in [-0.25, -0.2) is 0 Å². The van der Waals surface area contributed by atoms with Gasteiger partial charge in [-0.3, -0.25) is 0 Å². The van der Waals surface area contributed by atoms with Crippen molar-refractivity contribution >= 4 is 11.8 Å². The lowest BCUT2D eigenvalue weighted by atomic mass is 10.1. The molecule has 1 N–H and O–H groups in total. The van der Waals surface area contributed by atoms with Gasteiger partial charge in [-0.1, -0.05) is 18.2 Å². The van der Waals surface area contributed by atoms with Crippen LogP contribution in [0.3, 0.4) is 0 Å². The Balaban J connectivity index is 1.68. The molecule has 1 aromatic carbocycles. The van der Waals surface area contributed by atoms with E-state index in [9.17, 15) is 5.11 Å². The van der Waals surface area contributed by atoms with Gasteiger partial charge >= 0.3 is 0 Å². The highest BCUT2D eigenvalue weighted by Crippen LogP contribution is 2.24. The Bertz CT molecular complexity index is 361. The van der Waals surface area contributed by atoms with E-state index in [0.717, 1.165) is 31.6 Å². The van der Waals surface area contributed by atoms with Crippen LogP contribution in [0.5, 0.6) is 0 Å². The molecular weight excluding hydrogens is 244 g/mol. The molecule has 0 aliphatic carbocycles. The SMILES string of the molecule is Cc1ccccc1SCC(O)CCC1CCCO1. The monoisotopic (exact) mass is 266 g/mol. The summed E-state index contributed by atoms with van der Waals surface area (Å²) in [5, 5.41) is 9.99. The Labute approximate surface area is 114 Å². The van der Waals surface area contributed by atoms with Gasteiger partial charge in [0, 0.05) is 17.3 Å². The number of benzene rings is 1. The van der Waals surface area contributed by atoms with Crippen molar-refractivity contribution in [1.82, 2.24) is 0 Å². The third-order valence-corrected chi connectivity index (χ3v) is 4.69. The summed E-state index contributed by atoms with van der Waals surface area (Å²) in [6.07, 6.45) is 4.36. The molecule has 2 rings (SSSR count). The molecule has 100 valence electrons. The van der Waals surface area contributed by atoms with Crippen molar-refractivity contribution in [3.05, 3.63) is 29.8 Å². The van der Waals surface area contributed by atoms with E-state index >= 15 is 0 Å². The molecule has 0 saturated carbocycles. The van der Waals surface area contributed by atoms with Crippen molar-refractivity contribution in [2.75, 3.05) is 12.4 Å². The summed E-state index contributed by atoms with van der Waals surface area (Å²) in [7, 11) is 0. The molecule has 2 atom stereocenters. The van der Waals surface area contributed by atoms with Crippen LogP contribution in [-0.4, -0.2) is 29.7 Å². The fourth-order valence-corrected chi connectivity index (χ4v) is 3.25. The number of rotatable bonds is 6. The zero-order chi connectivity index (χ0) is 12.8. The van der Waals surface area contributed by atoms with Gasteiger partial charge in [-0.15, -0.1) is 11.8 Å². The Morgan fingerprint density at radius 1 is 1.44 bits per heavy atom. The molecule has 0 spiro atoms. The van der Waals surface area contributed by atoms with Gasteiger partial charge in [0.1, 0.15) is 0 Å². The van der Waals surface area contributed by atoms with E-state index in [0.29, 0.717) is 6.10 Å². The summed E-state index contributed by atoms with van der Waals surface area (Å²) in [5.74, 6) is 0.775. The van der Waals surface area contributed by atoms with Gasteiger partial charge < -0.3 is 9.84 Å². The summed E-state index contributed by atoms with van der Waals surface area (Å²) >= 11 is 1.75. The molecule has 1 aliphatic rings. The fourth-order valence-electron chi connectivity index (χ4n) is 2.24. The molecular formula is C15H22O2S. The number of aliphatic hydroxyl groups excluding tert-OH is 1. The first-order valence-corrected chi connectivity index (χ1v) is 7.72. The molecule has 0 amide bonds. The molecule has 18 heavy (non-hydrogen) atoms. The van der Waals surface area contributed by atoms with Crippen LogP contribution in [0, 0.1) is 6.92 Å². The molecule has 0 radical (unpaired) electrons. The smallest absolute Gasteiger partial charge is 0.0635 e. The molecule has 0 bridgehead atoms. The zero-order valence-electron chi connectivity index (χ0n) is 11.0. The van der Waals surface area contributed by atoms with Crippen LogP contribution in [0.2, 0.25) is 0 Å². The Kier molecular flexibility index (Phi) is 5.54. The molecule has 3 heteroatoms. The first-order valence-electron chi connectivity index (χ1n) is 6.74. The predicted octanol–water partition coefficient (Wildman–Crippen LogP) is 3.41. The molecule has 1 saturated heterocycles. The van der Waals surface area contributed by atoms with Gasteiger partial charge in [-0.05, 0) is 44.2 Å². The van der Waals surface area contributed by atoms with Crippen molar-refractivity contribution < 1.29 is 9.84 Å². The largest absolute Gasteiger partial charge is 0.392 e. The number of thioether (sulfide) groups is 1. The second-order valence-electron chi connectivity index (χ2n) is 4.94. The average Bonchev–Trinajstić information content (AvgIpc) is 2.88. The Morgan fingerprint density at radius 2 is 2.28 bits per heavy atom. The molecule has 1 aliphatic heterocycles. The topological polar surface area (TPSA) is 29.5 Å². The van der Waals surface area contributed by atoms with E-state index in [-0.39, 0.29) is 6.10 Å². The number of aryl methyl sites for hydroxylation is 1. The van der Waals surface area contributed by atoms with E-state index in [2.05, 4.69) is 19.1 Å². The molecule has 1 fully saturated rings. The zero-order valence-corrected chi connectivity index (χ0v) is 11.8. The van der Waals surface area contributed by atoms with Crippen molar-refractivity contribution in [2.45, 2.75) is 49.7 Å². The van der Waals surface area contributed by atoms with Crippen molar-refractivity contribution in [1.29, 1.82) is 0 Å². The van der Waals surface area contributed by atoms with Crippen LogP contribution in [0.1, 0.15) is 31.2 Å². The maximum atomic E-state index is 9.99. The number of hydrogen-bond acceptors (Lipinski definition) is 3. The molecule has 2 unspecified atom stereocenters.